The molecule has 2 aliphatic rings. The second-order valence-electron chi connectivity index (χ2n) is 7.05. The van der Waals surface area contributed by atoms with E-state index in [1.54, 1.807) is 0 Å². The first-order valence-electron chi connectivity index (χ1n) is 8.95. The van der Waals surface area contributed by atoms with Gasteiger partial charge in [-0.2, -0.15) is 0 Å². The molecule has 3 atom stereocenters. The zero-order valence-corrected chi connectivity index (χ0v) is 14.4. The normalized spacial score (nSPS) is 26.9. The van der Waals surface area contributed by atoms with Crippen molar-refractivity contribution in [3.05, 3.63) is 35.9 Å². The predicted molar refractivity (Wildman–Crippen MR) is 92.4 cm³/mol. The van der Waals surface area contributed by atoms with Crippen LogP contribution in [0, 0.1) is 5.41 Å². The Morgan fingerprint density at radius 3 is 2.62 bits per heavy atom. The molecule has 1 heterocycles. The molecule has 5 heteroatoms. The topological polar surface area (TPSA) is 75.8 Å². The molecule has 1 aromatic carbocycles. The van der Waals surface area contributed by atoms with Crippen LogP contribution in [0.2, 0.25) is 0 Å². The molecule has 0 bridgehead atoms. The summed E-state index contributed by atoms with van der Waals surface area (Å²) in [6, 6.07) is 9.37. The molecule has 132 valence electrons. The number of hydrogen-bond donors (Lipinski definition) is 2. The van der Waals surface area contributed by atoms with Gasteiger partial charge in [-0.05, 0) is 31.7 Å². The van der Waals surface area contributed by atoms with Gasteiger partial charge in [-0.1, -0.05) is 30.3 Å². The number of aliphatic hydroxyl groups excluding tert-OH is 1. The number of piperidine rings is 1. The van der Waals surface area contributed by atoms with E-state index < -0.39 is 6.04 Å². The molecular weight excluding hydrogens is 304 g/mol. The Morgan fingerprint density at radius 1 is 1.38 bits per heavy atom. The van der Waals surface area contributed by atoms with Crippen molar-refractivity contribution in [3.63, 3.8) is 0 Å². The van der Waals surface area contributed by atoms with E-state index in [2.05, 4.69) is 0 Å². The quantitative estimate of drug-likeness (QED) is 0.853. The van der Waals surface area contributed by atoms with Gasteiger partial charge in [-0.3, -0.25) is 4.79 Å². The number of carbonyl (C=O) groups excluding carboxylic acids is 1. The maximum absolute atomic E-state index is 12.6. The number of ether oxygens (including phenoxy) is 1. The Bertz CT molecular complexity index is 553. The zero-order chi connectivity index (χ0) is 17.2. The lowest BCUT2D eigenvalue weighted by Gasteiger charge is -2.56. The average molecular weight is 332 g/mol. The van der Waals surface area contributed by atoms with Gasteiger partial charge in [0.25, 0.3) is 0 Å². The minimum Gasteiger partial charge on any atom is -0.392 e. The highest BCUT2D eigenvalue weighted by Gasteiger charge is 2.56. The molecule has 1 aromatic rings. The SMILES string of the molecule is CCO[C@@H]1C[C@H](O)C12CCN(C(=O)[C@H](N)Cc1ccccc1)CC2. The zero-order valence-electron chi connectivity index (χ0n) is 14.4. The van der Waals surface area contributed by atoms with Crippen LogP contribution in [-0.2, 0) is 16.0 Å². The van der Waals surface area contributed by atoms with Gasteiger partial charge in [0.1, 0.15) is 0 Å². The third-order valence-corrected chi connectivity index (χ3v) is 5.73. The Kier molecular flexibility index (Phi) is 5.23. The second kappa shape index (κ2) is 7.21. The van der Waals surface area contributed by atoms with E-state index in [1.807, 2.05) is 42.2 Å². The number of likely N-dealkylation sites (tertiary alicyclic amines) is 1. The largest absolute Gasteiger partial charge is 0.392 e. The fourth-order valence-corrected chi connectivity index (χ4v) is 4.15. The lowest BCUT2D eigenvalue weighted by atomic mass is 9.58. The van der Waals surface area contributed by atoms with E-state index in [1.165, 1.54) is 0 Å². The molecule has 3 N–H and O–H groups in total. The maximum atomic E-state index is 12.6. The molecule has 24 heavy (non-hydrogen) atoms. The van der Waals surface area contributed by atoms with E-state index in [0.29, 0.717) is 26.1 Å². The number of aliphatic hydroxyl groups is 1. The summed E-state index contributed by atoms with van der Waals surface area (Å²) in [6.45, 7) is 3.97. The molecule has 1 spiro atoms. The molecule has 3 rings (SSSR count). The monoisotopic (exact) mass is 332 g/mol. The smallest absolute Gasteiger partial charge is 0.239 e. The van der Waals surface area contributed by atoms with Crippen molar-refractivity contribution in [2.75, 3.05) is 19.7 Å². The Balaban J connectivity index is 1.55. The summed E-state index contributed by atoms with van der Waals surface area (Å²) in [5.74, 6) is 0.00970. The van der Waals surface area contributed by atoms with Crippen LogP contribution >= 0.6 is 0 Å². The highest BCUT2D eigenvalue weighted by Crippen LogP contribution is 2.50. The first-order valence-corrected chi connectivity index (χ1v) is 8.95. The van der Waals surface area contributed by atoms with Crippen molar-refractivity contribution < 1.29 is 14.6 Å². The van der Waals surface area contributed by atoms with Crippen molar-refractivity contribution in [2.45, 2.75) is 50.9 Å². The van der Waals surface area contributed by atoms with E-state index >= 15 is 0 Å². The number of rotatable bonds is 5. The molecule has 2 fully saturated rings. The van der Waals surface area contributed by atoms with Gasteiger partial charge in [0.2, 0.25) is 5.91 Å². The third-order valence-electron chi connectivity index (χ3n) is 5.73. The predicted octanol–water partition coefficient (Wildman–Crippen LogP) is 1.33. The third kappa shape index (κ3) is 3.21. The van der Waals surface area contributed by atoms with E-state index in [0.717, 1.165) is 24.8 Å². The minimum absolute atomic E-state index is 0.00970. The van der Waals surface area contributed by atoms with Gasteiger partial charge >= 0.3 is 0 Å². The molecule has 1 amide bonds. The lowest BCUT2D eigenvalue weighted by molar-refractivity contribution is -0.210. The van der Waals surface area contributed by atoms with E-state index in [9.17, 15) is 9.90 Å². The van der Waals surface area contributed by atoms with E-state index in [-0.39, 0.29) is 23.5 Å². The summed E-state index contributed by atoms with van der Waals surface area (Å²) >= 11 is 0. The average Bonchev–Trinajstić information content (AvgIpc) is 2.62. The number of benzene rings is 1. The van der Waals surface area contributed by atoms with Gasteiger partial charge < -0.3 is 20.5 Å². The first-order chi connectivity index (χ1) is 11.6. The summed E-state index contributed by atoms with van der Waals surface area (Å²) in [7, 11) is 0. The van der Waals surface area contributed by atoms with Crippen molar-refractivity contribution >= 4 is 5.91 Å². The number of carbonyl (C=O) groups is 1. The van der Waals surface area contributed by atoms with Crippen LogP contribution in [0.15, 0.2) is 30.3 Å². The van der Waals surface area contributed by atoms with Crippen LogP contribution in [0.5, 0.6) is 0 Å². The molecular formula is C19H28N2O3. The van der Waals surface area contributed by atoms with Crippen molar-refractivity contribution in [2.24, 2.45) is 11.1 Å². The summed E-state index contributed by atoms with van der Waals surface area (Å²) in [5.41, 5.74) is 7.06. The Hall–Kier alpha value is -1.43. The Morgan fingerprint density at radius 2 is 2.04 bits per heavy atom. The van der Waals surface area contributed by atoms with E-state index in [4.69, 9.17) is 10.5 Å². The van der Waals surface area contributed by atoms with Crippen LogP contribution in [-0.4, -0.2) is 53.9 Å². The number of nitrogens with zero attached hydrogens (tertiary/aromatic N) is 1. The molecule has 0 unspecified atom stereocenters. The molecule has 1 saturated carbocycles. The van der Waals surface area contributed by atoms with Gasteiger partial charge in [0.15, 0.2) is 0 Å². The highest BCUT2D eigenvalue weighted by molar-refractivity contribution is 5.82. The number of nitrogens with two attached hydrogens (primary N) is 1. The van der Waals surface area contributed by atoms with Crippen molar-refractivity contribution in [1.29, 1.82) is 0 Å². The summed E-state index contributed by atoms with van der Waals surface area (Å²) in [5, 5.41) is 10.2. The molecule has 0 aromatic heterocycles. The van der Waals surface area contributed by atoms with Crippen LogP contribution in [0.1, 0.15) is 31.7 Å². The molecule has 5 nitrogen and oxygen atoms in total. The van der Waals surface area contributed by atoms with Crippen molar-refractivity contribution in [1.82, 2.24) is 4.90 Å². The molecule has 1 saturated heterocycles. The summed E-state index contributed by atoms with van der Waals surface area (Å²) in [6.07, 6.45) is 2.70. The second-order valence-corrected chi connectivity index (χ2v) is 7.05. The molecule has 0 radical (unpaired) electrons. The van der Waals surface area contributed by atoms with Gasteiger partial charge in [-0.25, -0.2) is 0 Å². The first kappa shape index (κ1) is 17.4. The lowest BCUT2D eigenvalue weighted by Crippen LogP contribution is -2.63. The van der Waals surface area contributed by atoms with Crippen LogP contribution in [0.4, 0.5) is 0 Å². The Labute approximate surface area is 143 Å². The minimum atomic E-state index is -0.504. The van der Waals surface area contributed by atoms with Gasteiger partial charge in [-0.15, -0.1) is 0 Å². The standard InChI is InChI=1S/C19H28N2O3/c1-2-24-17-13-16(22)19(17)8-10-21(11-9-19)18(23)15(20)12-14-6-4-3-5-7-14/h3-7,15-17,22H,2,8-13,20H2,1H3/t15-,16+,17-/m1/s1. The fourth-order valence-electron chi connectivity index (χ4n) is 4.15. The fraction of sp³-hybridized carbons (Fsp3) is 0.632. The molecule has 1 aliphatic heterocycles. The summed E-state index contributed by atoms with van der Waals surface area (Å²) < 4.78 is 5.78. The van der Waals surface area contributed by atoms with Crippen LogP contribution in [0.3, 0.4) is 0 Å². The summed E-state index contributed by atoms with van der Waals surface area (Å²) in [4.78, 5) is 14.5. The maximum Gasteiger partial charge on any atom is 0.239 e. The van der Waals surface area contributed by atoms with Crippen LogP contribution in [0.25, 0.3) is 0 Å². The number of hydrogen-bond acceptors (Lipinski definition) is 4. The number of amides is 1. The van der Waals surface area contributed by atoms with Crippen LogP contribution < -0.4 is 5.73 Å². The van der Waals surface area contributed by atoms with Gasteiger partial charge in [0, 0.05) is 31.5 Å². The highest BCUT2D eigenvalue weighted by atomic mass is 16.5. The van der Waals surface area contributed by atoms with Crippen molar-refractivity contribution in [3.8, 4) is 0 Å². The molecule has 1 aliphatic carbocycles. The van der Waals surface area contributed by atoms with Gasteiger partial charge in [0.05, 0.1) is 18.2 Å².